The van der Waals surface area contributed by atoms with E-state index in [4.69, 9.17) is 0 Å². The molecule has 2 aliphatic carbocycles. The van der Waals surface area contributed by atoms with Crippen LogP contribution in [-0.4, -0.2) is 47.7 Å². The van der Waals surface area contributed by atoms with E-state index in [-0.39, 0.29) is 16.8 Å². The first-order chi connectivity index (χ1) is 14.9. The van der Waals surface area contributed by atoms with Crippen LogP contribution in [-0.2, 0) is 14.8 Å². The summed E-state index contributed by atoms with van der Waals surface area (Å²) in [6.45, 7) is 1.41. The summed E-state index contributed by atoms with van der Waals surface area (Å²) in [5.74, 6) is 1.43. The Kier molecular flexibility index (Phi) is 5.89. The van der Waals surface area contributed by atoms with E-state index in [1.165, 1.54) is 56.2 Å². The van der Waals surface area contributed by atoms with Gasteiger partial charge in [-0.1, -0.05) is 43.9 Å². The zero-order valence-electron chi connectivity index (χ0n) is 18.7. The van der Waals surface area contributed by atoms with Crippen LogP contribution in [0.3, 0.4) is 0 Å². The number of sulfonamides is 1. The second-order valence-electron chi connectivity index (χ2n) is 10.5. The molecule has 0 N–H and O–H groups in total. The Morgan fingerprint density at radius 3 is 2.00 bits per heavy atom. The van der Waals surface area contributed by atoms with Gasteiger partial charge in [-0.25, -0.2) is 12.7 Å². The average molecular weight is 445 g/mol. The van der Waals surface area contributed by atoms with Gasteiger partial charge in [0.25, 0.3) is 10.0 Å². The van der Waals surface area contributed by atoms with Crippen LogP contribution in [0.15, 0.2) is 35.2 Å². The number of fused-ring (bicyclic) bond motifs is 4. The average Bonchev–Trinajstić information content (AvgIpc) is 2.73. The normalized spacial score (nSPS) is 36.0. The van der Waals surface area contributed by atoms with Crippen molar-refractivity contribution < 1.29 is 13.2 Å². The third kappa shape index (κ3) is 4.06. The minimum absolute atomic E-state index is 0.220. The Balaban J connectivity index is 1.38. The summed E-state index contributed by atoms with van der Waals surface area (Å²) in [6, 6.07) is 9.71. The molecule has 4 bridgehead atoms. The van der Waals surface area contributed by atoms with E-state index in [9.17, 15) is 13.2 Å². The Labute approximate surface area is 187 Å². The molecule has 2 saturated heterocycles. The molecule has 2 aliphatic heterocycles. The highest BCUT2D eigenvalue weighted by molar-refractivity contribution is 7.89. The number of amides is 1. The van der Waals surface area contributed by atoms with Gasteiger partial charge in [-0.2, -0.15) is 0 Å². The van der Waals surface area contributed by atoms with Crippen LogP contribution < -0.4 is 0 Å². The molecule has 31 heavy (non-hydrogen) atoms. The predicted molar refractivity (Wildman–Crippen MR) is 121 cm³/mol. The molecule has 1 aromatic carbocycles. The van der Waals surface area contributed by atoms with Crippen molar-refractivity contribution in [3.63, 3.8) is 0 Å². The molecule has 170 valence electrons. The molecule has 2 saturated carbocycles. The molecule has 0 unspecified atom stereocenters. The van der Waals surface area contributed by atoms with Crippen LogP contribution in [0.2, 0.25) is 0 Å². The highest BCUT2D eigenvalue weighted by Gasteiger charge is 2.48. The third-order valence-corrected chi connectivity index (χ3v) is 10.4. The smallest absolute Gasteiger partial charge is 0.266 e. The highest BCUT2D eigenvalue weighted by atomic mass is 32.2. The number of nitrogens with zero attached hydrogens (tertiary/aromatic N) is 2. The standard InChI is InChI=1S/C25H36N2O3S/c1-18(28)27(31(29,30)25-11-3-2-4-12-25)24-16-21-9-6-10-22(17-24)26(21)23-14-19-7-5-8-20(13-19)15-23/h2-4,11-12,19-24H,5-10,13-17H2,1H3/t19-,20+,21-,22+,23+,24+. The van der Waals surface area contributed by atoms with Crippen LogP contribution in [0.5, 0.6) is 0 Å². The Morgan fingerprint density at radius 2 is 1.42 bits per heavy atom. The van der Waals surface area contributed by atoms with E-state index < -0.39 is 10.0 Å². The van der Waals surface area contributed by atoms with Gasteiger partial charge in [0.1, 0.15) is 0 Å². The lowest BCUT2D eigenvalue weighted by Crippen LogP contribution is -2.62. The topological polar surface area (TPSA) is 57.7 Å². The van der Waals surface area contributed by atoms with E-state index >= 15 is 0 Å². The summed E-state index contributed by atoms with van der Waals surface area (Å²) in [4.78, 5) is 15.7. The van der Waals surface area contributed by atoms with Crippen LogP contribution in [0.25, 0.3) is 0 Å². The lowest BCUT2D eigenvalue weighted by molar-refractivity contribution is -0.128. The molecule has 4 aliphatic rings. The van der Waals surface area contributed by atoms with Crippen molar-refractivity contribution >= 4 is 15.9 Å². The first kappa shape index (κ1) is 21.4. The van der Waals surface area contributed by atoms with Gasteiger partial charge in [0, 0.05) is 25.0 Å². The molecule has 1 aromatic rings. The second-order valence-corrected chi connectivity index (χ2v) is 12.3. The monoisotopic (exact) mass is 444 g/mol. The van der Waals surface area contributed by atoms with Crippen LogP contribution in [0.1, 0.15) is 77.6 Å². The molecule has 0 radical (unpaired) electrons. The maximum atomic E-state index is 13.4. The lowest BCUT2D eigenvalue weighted by atomic mass is 9.68. The molecule has 0 spiro atoms. The number of piperidine rings is 2. The minimum atomic E-state index is -3.82. The fourth-order valence-electron chi connectivity index (χ4n) is 7.44. The van der Waals surface area contributed by atoms with E-state index in [1.54, 1.807) is 30.3 Å². The highest BCUT2D eigenvalue weighted by Crippen LogP contribution is 2.46. The van der Waals surface area contributed by atoms with Crippen molar-refractivity contribution in [1.29, 1.82) is 0 Å². The molecule has 6 atom stereocenters. The van der Waals surface area contributed by atoms with Crippen molar-refractivity contribution in [3.8, 4) is 0 Å². The van der Waals surface area contributed by atoms with Crippen molar-refractivity contribution in [2.75, 3.05) is 0 Å². The van der Waals surface area contributed by atoms with Crippen molar-refractivity contribution in [2.45, 2.75) is 107 Å². The number of hydrogen-bond donors (Lipinski definition) is 0. The maximum absolute atomic E-state index is 13.4. The van der Waals surface area contributed by atoms with Gasteiger partial charge < -0.3 is 0 Å². The first-order valence-corrected chi connectivity index (χ1v) is 13.7. The second kappa shape index (κ2) is 8.51. The van der Waals surface area contributed by atoms with Gasteiger partial charge in [0.05, 0.1) is 10.9 Å². The fraction of sp³-hybridized carbons (Fsp3) is 0.720. The maximum Gasteiger partial charge on any atom is 0.266 e. The molecule has 2 heterocycles. The fourth-order valence-corrected chi connectivity index (χ4v) is 9.08. The number of hydrogen-bond acceptors (Lipinski definition) is 4. The zero-order chi connectivity index (χ0) is 21.6. The summed E-state index contributed by atoms with van der Waals surface area (Å²) < 4.78 is 28.0. The molecule has 5 nitrogen and oxygen atoms in total. The molecular formula is C25H36N2O3S. The van der Waals surface area contributed by atoms with Crippen LogP contribution >= 0.6 is 0 Å². The van der Waals surface area contributed by atoms with Crippen molar-refractivity contribution in [1.82, 2.24) is 9.21 Å². The van der Waals surface area contributed by atoms with Gasteiger partial charge in [0.15, 0.2) is 0 Å². The molecule has 1 amide bonds. The largest absolute Gasteiger partial charge is 0.294 e. The van der Waals surface area contributed by atoms with E-state index in [0.717, 1.165) is 37.5 Å². The summed E-state index contributed by atoms with van der Waals surface area (Å²) in [7, 11) is -3.82. The zero-order valence-corrected chi connectivity index (χ0v) is 19.5. The van der Waals surface area contributed by atoms with Crippen LogP contribution in [0, 0.1) is 11.8 Å². The van der Waals surface area contributed by atoms with Gasteiger partial charge in [0.2, 0.25) is 5.91 Å². The number of rotatable bonds is 4. The van der Waals surface area contributed by atoms with Gasteiger partial charge in [-0.3, -0.25) is 9.69 Å². The SMILES string of the molecule is CC(=O)N([C@H]1C[C@H]2CCC[C@@H](C1)N2[C@H]1C[C@@H]2CCC[C@@H](C2)C1)S(=O)(=O)c1ccccc1. The number of benzene rings is 1. The minimum Gasteiger partial charge on any atom is -0.294 e. The van der Waals surface area contributed by atoms with Crippen LogP contribution in [0.4, 0.5) is 0 Å². The van der Waals surface area contributed by atoms with E-state index in [1.807, 2.05) is 0 Å². The molecule has 4 fully saturated rings. The molecular weight excluding hydrogens is 408 g/mol. The Bertz CT molecular complexity index is 877. The Morgan fingerprint density at radius 1 is 0.839 bits per heavy atom. The molecule has 6 heteroatoms. The first-order valence-electron chi connectivity index (χ1n) is 12.3. The number of carbonyl (C=O) groups is 1. The number of carbonyl (C=O) groups excluding carboxylic acids is 1. The quantitative estimate of drug-likeness (QED) is 0.682. The summed E-state index contributed by atoms with van der Waals surface area (Å²) >= 11 is 0. The third-order valence-electron chi connectivity index (χ3n) is 8.47. The van der Waals surface area contributed by atoms with E-state index in [0.29, 0.717) is 18.1 Å². The molecule has 5 rings (SSSR count). The summed E-state index contributed by atoms with van der Waals surface area (Å²) in [5.41, 5.74) is 0. The van der Waals surface area contributed by atoms with Gasteiger partial charge in [-0.05, 0) is 68.9 Å². The van der Waals surface area contributed by atoms with Crippen molar-refractivity contribution in [3.05, 3.63) is 30.3 Å². The summed E-state index contributed by atoms with van der Waals surface area (Å²) in [5, 5.41) is 0. The predicted octanol–water partition coefficient (Wildman–Crippen LogP) is 4.58. The molecule has 0 aromatic heterocycles. The summed E-state index contributed by atoms with van der Waals surface area (Å²) in [6.07, 6.45) is 13.3. The van der Waals surface area contributed by atoms with Gasteiger partial charge >= 0.3 is 0 Å². The van der Waals surface area contributed by atoms with Gasteiger partial charge in [-0.15, -0.1) is 0 Å². The Hall–Kier alpha value is -1.40. The lowest BCUT2D eigenvalue weighted by Gasteiger charge is -2.56. The van der Waals surface area contributed by atoms with E-state index in [2.05, 4.69) is 4.90 Å². The van der Waals surface area contributed by atoms with Crippen molar-refractivity contribution in [2.24, 2.45) is 11.8 Å².